The molecule has 1 aliphatic rings. The average Bonchev–Trinajstić information content (AvgIpc) is 2.04. The van der Waals surface area contributed by atoms with E-state index < -0.39 is 0 Å². The molecule has 0 aromatic rings. The van der Waals surface area contributed by atoms with Gasteiger partial charge in [0.05, 0.1) is 0 Å². The summed E-state index contributed by atoms with van der Waals surface area (Å²) in [6, 6.07) is 0. The van der Waals surface area contributed by atoms with Gasteiger partial charge in [0.25, 0.3) is 0 Å². The van der Waals surface area contributed by atoms with E-state index in [0.29, 0.717) is 3.54 Å². The molecule has 0 radical (unpaired) electrons. The van der Waals surface area contributed by atoms with Gasteiger partial charge < -0.3 is 9.07 Å². The topological polar surface area (TPSA) is 0 Å². The quantitative estimate of drug-likeness (QED) is 0.592. The number of rotatable bonds is 2. The SMILES string of the molecule is CC1CCC[C]([Mg][Cl])(C(C)C)C1. The Bertz CT molecular complexity index is 147. The third-order valence-electron chi connectivity index (χ3n) is 3.62. The van der Waals surface area contributed by atoms with Gasteiger partial charge in [-0.2, -0.15) is 0 Å². The fourth-order valence-electron chi connectivity index (χ4n) is 2.50. The Morgan fingerprint density at radius 3 is 2.50 bits per heavy atom. The van der Waals surface area contributed by atoms with Crippen LogP contribution in [0.25, 0.3) is 0 Å². The molecule has 1 saturated carbocycles. The highest BCUT2D eigenvalue weighted by atomic mass is 35.5. The zero-order valence-corrected chi connectivity index (χ0v) is 10.7. The van der Waals surface area contributed by atoms with Crippen LogP contribution >= 0.6 is 9.07 Å². The molecule has 1 aliphatic carbocycles. The van der Waals surface area contributed by atoms with Crippen molar-refractivity contribution in [2.75, 3.05) is 0 Å². The van der Waals surface area contributed by atoms with Crippen LogP contribution < -0.4 is 0 Å². The lowest BCUT2D eigenvalue weighted by Gasteiger charge is -2.42. The highest BCUT2D eigenvalue weighted by Crippen LogP contribution is 2.50. The summed E-state index contributed by atoms with van der Waals surface area (Å²) < 4.78 is 0.596. The second-order valence-corrected chi connectivity index (χ2v) is 7.33. The minimum atomic E-state index is -0.346. The summed E-state index contributed by atoms with van der Waals surface area (Å²) in [5, 5.41) is 0. The monoisotopic (exact) mass is 198 g/mol. The summed E-state index contributed by atoms with van der Waals surface area (Å²) in [5.41, 5.74) is 0. The first kappa shape index (κ1) is 11.1. The summed E-state index contributed by atoms with van der Waals surface area (Å²) in [5.74, 6) is 1.73. The van der Waals surface area contributed by atoms with Crippen molar-refractivity contribution in [1.82, 2.24) is 0 Å². The maximum absolute atomic E-state index is 6.24. The normalized spacial score (nSPS) is 36.6. The zero-order chi connectivity index (χ0) is 9.19. The lowest BCUT2D eigenvalue weighted by molar-refractivity contribution is 0.243. The largest absolute Gasteiger partial charge is 0.507 e. The predicted molar refractivity (Wildman–Crippen MR) is 56.8 cm³/mol. The van der Waals surface area contributed by atoms with Crippen LogP contribution in [0.1, 0.15) is 46.5 Å². The molecule has 0 heterocycles. The number of hydrogen-bond donors (Lipinski definition) is 0. The number of hydrogen-bond acceptors (Lipinski definition) is 0. The van der Waals surface area contributed by atoms with Gasteiger partial charge in [-0.3, -0.25) is 0 Å². The van der Waals surface area contributed by atoms with E-state index in [0.717, 1.165) is 11.8 Å². The molecule has 0 aromatic heterocycles. The molecular weight excluding hydrogens is 180 g/mol. The Kier molecular flexibility index (Phi) is 4.19. The molecule has 0 saturated heterocycles. The van der Waals surface area contributed by atoms with E-state index in [1.807, 2.05) is 0 Å². The molecule has 0 aliphatic heterocycles. The van der Waals surface area contributed by atoms with Crippen molar-refractivity contribution in [3.8, 4) is 0 Å². The summed E-state index contributed by atoms with van der Waals surface area (Å²) >= 11 is -0.346. The third kappa shape index (κ3) is 2.30. The van der Waals surface area contributed by atoms with Crippen molar-refractivity contribution in [1.29, 1.82) is 0 Å². The average molecular weight is 199 g/mol. The van der Waals surface area contributed by atoms with E-state index in [4.69, 9.17) is 9.07 Å². The van der Waals surface area contributed by atoms with Crippen LogP contribution in [0, 0.1) is 11.8 Å². The van der Waals surface area contributed by atoms with Crippen LogP contribution in [-0.4, -0.2) is 19.3 Å². The smallest absolute Gasteiger partial charge is 0.345 e. The molecule has 0 nitrogen and oxygen atoms in total. The van der Waals surface area contributed by atoms with Crippen LogP contribution in [0.4, 0.5) is 0 Å². The van der Waals surface area contributed by atoms with Gasteiger partial charge in [-0.1, -0.05) is 55.9 Å². The maximum atomic E-state index is 6.24. The van der Waals surface area contributed by atoms with E-state index in [1.165, 1.54) is 25.7 Å². The fraction of sp³-hybridized carbons (Fsp3) is 1.00. The van der Waals surface area contributed by atoms with Crippen molar-refractivity contribution in [2.24, 2.45) is 11.8 Å². The molecule has 68 valence electrons. The molecule has 2 unspecified atom stereocenters. The van der Waals surface area contributed by atoms with E-state index >= 15 is 0 Å². The highest BCUT2D eigenvalue weighted by Gasteiger charge is 2.38. The van der Waals surface area contributed by atoms with Crippen molar-refractivity contribution < 1.29 is 0 Å². The van der Waals surface area contributed by atoms with Crippen LogP contribution in [0.2, 0.25) is 3.54 Å². The van der Waals surface area contributed by atoms with Crippen molar-refractivity contribution in [3.63, 3.8) is 0 Å². The van der Waals surface area contributed by atoms with Gasteiger partial charge in [0.15, 0.2) is 0 Å². The van der Waals surface area contributed by atoms with Crippen LogP contribution in [-0.2, 0) is 0 Å². The minimum Gasteiger partial charge on any atom is -0.345 e. The fourth-order valence-corrected chi connectivity index (χ4v) is 5.45. The first-order chi connectivity index (χ1) is 5.60. The van der Waals surface area contributed by atoms with Gasteiger partial charge in [0, 0.05) is 0 Å². The molecule has 2 atom stereocenters. The van der Waals surface area contributed by atoms with Gasteiger partial charge >= 0.3 is 19.3 Å². The van der Waals surface area contributed by atoms with Crippen LogP contribution in [0.3, 0.4) is 0 Å². The molecule has 0 aromatic carbocycles. The van der Waals surface area contributed by atoms with E-state index in [2.05, 4.69) is 20.8 Å². The van der Waals surface area contributed by atoms with Gasteiger partial charge in [-0.15, -0.1) is 0 Å². The molecule has 2 heteroatoms. The molecule has 0 amide bonds. The van der Waals surface area contributed by atoms with E-state index in [-0.39, 0.29) is 19.3 Å². The molecular formula is C10H19ClMg. The van der Waals surface area contributed by atoms with Crippen molar-refractivity contribution in [3.05, 3.63) is 0 Å². The first-order valence-corrected chi connectivity index (χ1v) is 8.01. The third-order valence-corrected chi connectivity index (χ3v) is 7.21. The summed E-state index contributed by atoms with van der Waals surface area (Å²) in [6.07, 6.45) is 5.66. The summed E-state index contributed by atoms with van der Waals surface area (Å²) in [6.45, 7) is 7.10. The predicted octanol–water partition coefficient (Wildman–Crippen LogP) is 3.87. The molecule has 0 spiro atoms. The summed E-state index contributed by atoms with van der Waals surface area (Å²) in [4.78, 5) is 0. The maximum Gasteiger partial charge on any atom is 0.507 e. The Morgan fingerprint density at radius 2 is 2.17 bits per heavy atom. The lowest BCUT2D eigenvalue weighted by atomic mass is 9.75. The standard InChI is InChI=1S/C10H19.ClH.Mg/c1-8(2)10-6-4-5-9(3)7-10;;/h8-9H,4-7H2,1-3H3;1H;/q;;+1/p-1. The van der Waals surface area contributed by atoms with Gasteiger partial charge in [-0.25, -0.2) is 0 Å². The van der Waals surface area contributed by atoms with Gasteiger partial charge in [0.2, 0.25) is 0 Å². The summed E-state index contributed by atoms with van der Waals surface area (Å²) in [7, 11) is 6.24. The molecule has 0 N–H and O–H groups in total. The molecule has 0 bridgehead atoms. The van der Waals surface area contributed by atoms with Crippen LogP contribution in [0.5, 0.6) is 0 Å². The molecule has 12 heavy (non-hydrogen) atoms. The second-order valence-electron chi connectivity index (χ2n) is 4.85. The first-order valence-electron chi connectivity index (χ1n) is 5.17. The van der Waals surface area contributed by atoms with Crippen molar-refractivity contribution in [2.45, 2.75) is 50.0 Å². The Hall–Kier alpha value is 1.06. The van der Waals surface area contributed by atoms with Crippen LogP contribution in [0.15, 0.2) is 0 Å². The van der Waals surface area contributed by atoms with Crippen molar-refractivity contribution >= 4 is 28.3 Å². The zero-order valence-electron chi connectivity index (χ0n) is 8.57. The van der Waals surface area contributed by atoms with E-state index in [1.54, 1.807) is 0 Å². The molecule has 1 rings (SSSR count). The Labute approximate surface area is 89.9 Å². The van der Waals surface area contributed by atoms with E-state index in [9.17, 15) is 0 Å². The van der Waals surface area contributed by atoms with Gasteiger partial charge in [-0.05, 0) is 5.92 Å². The number of halogens is 1. The second kappa shape index (κ2) is 4.52. The lowest BCUT2D eigenvalue weighted by Crippen LogP contribution is -2.29. The van der Waals surface area contributed by atoms with Gasteiger partial charge in [0.1, 0.15) is 0 Å². The molecule has 1 fully saturated rings. The Balaban J connectivity index is 2.64. The Morgan fingerprint density at radius 1 is 1.50 bits per heavy atom. The minimum absolute atomic E-state index is 0.346. The highest BCUT2D eigenvalue weighted by molar-refractivity contribution is 6.95.